The fourth-order valence-electron chi connectivity index (χ4n) is 10.0. The molecule has 63 heavy (non-hydrogen) atoms. The van der Waals surface area contributed by atoms with Crippen LogP contribution < -0.4 is 20.9 Å². The quantitative estimate of drug-likeness (QED) is 0.152. The Kier molecular flexibility index (Phi) is 10.7. The van der Waals surface area contributed by atoms with Crippen LogP contribution in [0.4, 0.5) is 26.4 Å². The monoisotopic (exact) mass is 856 g/mol. The summed E-state index contributed by atoms with van der Waals surface area (Å²) in [6.07, 6.45) is 8.60. The molecule has 10 rings (SSSR count). The lowest BCUT2D eigenvalue weighted by molar-refractivity contribution is -0.120. The number of morpholine rings is 1. The highest BCUT2D eigenvalue weighted by Crippen LogP contribution is 2.46. The molecular weight excluding hydrogens is 804 g/mol. The Morgan fingerprint density at radius 2 is 1.76 bits per heavy atom. The van der Waals surface area contributed by atoms with Crippen LogP contribution in [0.15, 0.2) is 67.0 Å². The van der Waals surface area contributed by atoms with Gasteiger partial charge in [0.2, 0.25) is 5.91 Å². The van der Waals surface area contributed by atoms with Crippen LogP contribution in [-0.2, 0) is 9.53 Å². The average molecular weight is 857 g/mol. The van der Waals surface area contributed by atoms with Gasteiger partial charge >= 0.3 is 6.03 Å². The first-order valence-corrected chi connectivity index (χ1v) is 22.2. The number of hydrogen-bond acceptors (Lipinski definition) is 11. The second-order valence-electron chi connectivity index (χ2n) is 17.9. The van der Waals surface area contributed by atoms with E-state index < -0.39 is 11.7 Å². The smallest absolute Gasteiger partial charge is 0.328 e. The summed E-state index contributed by atoms with van der Waals surface area (Å²) in [5.41, 5.74) is 12.1. The van der Waals surface area contributed by atoms with E-state index in [1.54, 1.807) is 34.2 Å². The minimum absolute atomic E-state index is 0.0921. The number of likely N-dealkylation sites (tertiary alicyclic amines) is 2. The first-order chi connectivity index (χ1) is 30.5. The number of halogens is 1. The van der Waals surface area contributed by atoms with Gasteiger partial charge in [0.25, 0.3) is 5.91 Å². The van der Waals surface area contributed by atoms with Gasteiger partial charge in [-0.25, -0.2) is 14.2 Å². The molecule has 5 aliphatic rings. The number of nitrogens with zero attached hydrogens (tertiary/aromatic N) is 8. The molecule has 4 saturated heterocycles. The SMILES string of the molecule is Cc1cc(C(=O)N2CCC(F)(CN3CCC(n4cc(C5CC5)c5cc(N6CCC(=O)NC6=O)cnc54)CC3)CC2)ccc1[C@H]1CN(c2cc(-c3ccccc3O)nnc2N)CCO1. The topological polar surface area (TPSA) is 175 Å². The summed E-state index contributed by atoms with van der Waals surface area (Å²) in [5, 5.41) is 22.3. The number of imide groups is 1. The highest BCUT2D eigenvalue weighted by molar-refractivity contribution is 6.06. The van der Waals surface area contributed by atoms with Crippen molar-refractivity contribution in [3.8, 4) is 17.0 Å². The second-order valence-corrected chi connectivity index (χ2v) is 17.9. The number of benzene rings is 2. The number of pyridine rings is 1. The van der Waals surface area contributed by atoms with Crippen molar-refractivity contribution in [2.75, 3.05) is 74.5 Å². The number of urea groups is 1. The fourth-order valence-corrected chi connectivity index (χ4v) is 10.0. The number of piperidine rings is 2. The number of nitrogen functional groups attached to an aromatic ring is 1. The number of alkyl halides is 1. The molecule has 5 aromatic rings. The summed E-state index contributed by atoms with van der Waals surface area (Å²) in [4.78, 5) is 50.7. The Morgan fingerprint density at radius 1 is 0.968 bits per heavy atom. The molecule has 0 spiro atoms. The van der Waals surface area contributed by atoms with Crippen molar-refractivity contribution >= 4 is 46.1 Å². The van der Waals surface area contributed by atoms with E-state index in [0.29, 0.717) is 98.6 Å². The van der Waals surface area contributed by atoms with E-state index in [1.165, 1.54) is 5.56 Å². The third-order valence-corrected chi connectivity index (χ3v) is 13.7. The lowest BCUT2D eigenvalue weighted by atomic mass is 9.91. The van der Waals surface area contributed by atoms with Gasteiger partial charge in [0, 0.05) is 100 Å². The molecule has 328 valence electrons. The highest BCUT2D eigenvalue weighted by atomic mass is 19.1. The average Bonchev–Trinajstić information content (AvgIpc) is 4.07. The van der Waals surface area contributed by atoms with Gasteiger partial charge in [-0.1, -0.05) is 18.2 Å². The molecule has 0 bridgehead atoms. The number of para-hydroxylation sites is 1. The number of hydrogen-bond donors (Lipinski definition) is 3. The molecule has 5 fully saturated rings. The van der Waals surface area contributed by atoms with Crippen molar-refractivity contribution in [2.45, 2.75) is 75.6 Å². The van der Waals surface area contributed by atoms with Crippen molar-refractivity contribution in [3.63, 3.8) is 0 Å². The van der Waals surface area contributed by atoms with E-state index in [1.807, 2.05) is 43.3 Å². The molecule has 1 saturated carbocycles. The van der Waals surface area contributed by atoms with Crippen LogP contribution in [-0.4, -0.2) is 117 Å². The van der Waals surface area contributed by atoms with Crippen LogP contribution in [0, 0.1) is 6.92 Å². The highest BCUT2D eigenvalue weighted by Gasteiger charge is 2.39. The molecule has 16 heteroatoms. The lowest BCUT2D eigenvalue weighted by Crippen LogP contribution is -2.51. The summed E-state index contributed by atoms with van der Waals surface area (Å²) < 4.78 is 25.0. The van der Waals surface area contributed by atoms with Gasteiger partial charge in [-0.15, -0.1) is 10.2 Å². The summed E-state index contributed by atoms with van der Waals surface area (Å²) >= 11 is 0. The largest absolute Gasteiger partial charge is 0.507 e. The van der Waals surface area contributed by atoms with Crippen LogP contribution in [0.1, 0.15) is 90.1 Å². The number of phenolic OH excluding ortho intramolecular Hbond substituents is 1. The summed E-state index contributed by atoms with van der Waals surface area (Å²) in [6, 6.07) is 16.4. The number of ether oxygens (including phenoxy) is 1. The Balaban J connectivity index is 0.738. The Hall–Kier alpha value is -6.13. The third kappa shape index (κ3) is 8.17. The zero-order valence-corrected chi connectivity index (χ0v) is 35.5. The number of aromatic hydroxyl groups is 1. The van der Waals surface area contributed by atoms with Gasteiger partial charge in [0.15, 0.2) is 5.82 Å². The van der Waals surface area contributed by atoms with Crippen molar-refractivity contribution in [3.05, 3.63) is 89.2 Å². The van der Waals surface area contributed by atoms with E-state index in [9.17, 15) is 19.5 Å². The van der Waals surface area contributed by atoms with E-state index in [4.69, 9.17) is 15.5 Å². The molecule has 1 atom stereocenters. The predicted molar refractivity (Wildman–Crippen MR) is 237 cm³/mol. The number of phenols is 1. The Labute approximate surface area is 365 Å². The number of carbonyl (C=O) groups excluding carboxylic acids is 3. The van der Waals surface area contributed by atoms with Crippen LogP contribution in [0.2, 0.25) is 0 Å². The lowest BCUT2D eigenvalue weighted by Gasteiger charge is -2.41. The molecule has 0 unspecified atom stereocenters. The van der Waals surface area contributed by atoms with Gasteiger partial charge < -0.3 is 34.8 Å². The molecule has 15 nitrogen and oxygen atoms in total. The number of aromatic nitrogens is 4. The normalized spacial score (nSPS) is 21.2. The molecule has 7 heterocycles. The number of anilines is 3. The van der Waals surface area contributed by atoms with E-state index in [-0.39, 0.29) is 36.1 Å². The number of nitrogens with two attached hydrogens (primary N) is 1. The van der Waals surface area contributed by atoms with Gasteiger partial charge in [0.05, 0.1) is 29.9 Å². The van der Waals surface area contributed by atoms with Crippen LogP contribution in [0.3, 0.4) is 0 Å². The maximum Gasteiger partial charge on any atom is 0.328 e. The Morgan fingerprint density at radius 3 is 2.51 bits per heavy atom. The van der Waals surface area contributed by atoms with Gasteiger partial charge in [-0.2, -0.15) is 0 Å². The number of fused-ring (bicyclic) bond motifs is 1. The standard InChI is InChI=1S/C47H53FN10O5/c1-29-22-31(8-9-34(29)41-27-56(20-21-63-41)39-24-38(52-53-43(39)49)35-4-2-3-5-40(35)59)45(61)55-18-13-47(48,14-19-55)28-54-15-10-32(11-16-54)58-26-37(30-6-7-30)36-23-33(25-50-44(36)58)57-17-12-42(60)51-46(57)62/h2-5,8-9,22-26,30,32,41,59H,6-7,10-21,27-28H2,1H3,(H2,49,53)(H,51,60,62)/t41-/m1/s1. The minimum atomic E-state index is -1.37. The number of aryl methyl sites for hydroxylation is 1. The molecule has 0 radical (unpaired) electrons. The molecule has 2 aromatic carbocycles. The van der Waals surface area contributed by atoms with E-state index in [2.05, 4.69) is 36.1 Å². The first kappa shape index (κ1) is 40.9. The van der Waals surface area contributed by atoms with Crippen molar-refractivity contribution < 1.29 is 28.6 Å². The van der Waals surface area contributed by atoms with Crippen LogP contribution in [0.5, 0.6) is 5.75 Å². The van der Waals surface area contributed by atoms with Crippen molar-refractivity contribution in [2.24, 2.45) is 0 Å². The van der Waals surface area contributed by atoms with Gasteiger partial charge in [0.1, 0.15) is 23.2 Å². The fraction of sp³-hybridized carbons (Fsp3) is 0.447. The first-order valence-electron chi connectivity index (χ1n) is 22.2. The molecular formula is C47H53FN10O5. The number of amides is 4. The molecule has 4 N–H and O–H groups in total. The van der Waals surface area contributed by atoms with Gasteiger partial charge in [-0.3, -0.25) is 19.8 Å². The third-order valence-electron chi connectivity index (χ3n) is 13.7. The minimum Gasteiger partial charge on any atom is -0.507 e. The molecule has 4 aliphatic heterocycles. The Bertz CT molecular complexity index is 2580. The summed E-state index contributed by atoms with van der Waals surface area (Å²) in [5.74, 6) is 0.544. The zero-order valence-electron chi connectivity index (χ0n) is 35.5. The number of carbonyl (C=O) groups is 3. The maximum atomic E-state index is 16.5. The van der Waals surface area contributed by atoms with Crippen LogP contribution in [0.25, 0.3) is 22.3 Å². The molecule has 4 amide bonds. The summed E-state index contributed by atoms with van der Waals surface area (Å²) in [7, 11) is 0. The van der Waals surface area contributed by atoms with E-state index in [0.717, 1.165) is 60.9 Å². The second kappa shape index (κ2) is 16.5. The van der Waals surface area contributed by atoms with Crippen molar-refractivity contribution in [1.29, 1.82) is 0 Å². The zero-order chi connectivity index (χ0) is 43.4. The van der Waals surface area contributed by atoms with Crippen LogP contribution >= 0.6 is 0 Å². The molecule has 3 aromatic heterocycles. The number of nitrogens with one attached hydrogen (secondary N) is 1. The molecule has 1 aliphatic carbocycles. The maximum absolute atomic E-state index is 16.5. The number of rotatable bonds is 9. The van der Waals surface area contributed by atoms with Gasteiger partial charge in [-0.05, 0) is 91.6 Å². The van der Waals surface area contributed by atoms with E-state index >= 15 is 4.39 Å². The predicted octanol–water partition coefficient (Wildman–Crippen LogP) is 6.27. The van der Waals surface area contributed by atoms with Crippen molar-refractivity contribution in [1.82, 2.24) is 34.9 Å². The summed E-state index contributed by atoms with van der Waals surface area (Å²) in [6.45, 7) is 6.53.